The smallest absolute Gasteiger partial charge is 0.305 e. The lowest BCUT2D eigenvalue weighted by molar-refractivity contribution is -0.139. The monoisotopic (exact) mass is 297 g/mol. The normalized spacial score (nSPS) is 21.6. The molecule has 108 valence electrons. The van der Waals surface area contributed by atoms with E-state index in [2.05, 4.69) is 5.32 Å². The molecule has 0 bridgehead atoms. The Hall–Kier alpha value is -1.59. The number of carbonyl (C=O) groups excluding carboxylic acids is 1. The van der Waals surface area contributed by atoms with Crippen LogP contribution in [-0.4, -0.2) is 35.7 Å². The molecule has 0 aliphatic carbocycles. The molecule has 20 heavy (non-hydrogen) atoms. The fourth-order valence-electron chi connectivity index (χ4n) is 2.35. The van der Waals surface area contributed by atoms with E-state index in [0.717, 1.165) is 5.56 Å². The van der Waals surface area contributed by atoms with Gasteiger partial charge < -0.3 is 15.2 Å². The maximum absolute atomic E-state index is 12.1. The largest absolute Gasteiger partial charge is 0.481 e. The second-order valence-electron chi connectivity index (χ2n) is 5.01. The molecule has 1 saturated heterocycles. The third-order valence-corrected chi connectivity index (χ3v) is 3.49. The molecular weight excluding hydrogens is 282 g/mol. The van der Waals surface area contributed by atoms with Crippen molar-refractivity contribution < 1.29 is 19.4 Å². The number of amides is 1. The van der Waals surface area contributed by atoms with Gasteiger partial charge in [0.25, 0.3) is 0 Å². The molecule has 1 unspecified atom stereocenters. The Morgan fingerprint density at radius 1 is 1.45 bits per heavy atom. The quantitative estimate of drug-likeness (QED) is 0.866. The first-order chi connectivity index (χ1) is 9.49. The molecule has 0 saturated carbocycles. The molecular formula is C14H16ClNO4. The number of hydrogen-bond acceptors (Lipinski definition) is 3. The Labute approximate surface area is 121 Å². The summed E-state index contributed by atoms with van der Waals surface area (Å²) < 4.78 is 5.23. The van der Waals surface area contributed by atoms with Gasteiger partial charge in [0, 0.05) is 11.6 Å². The van der Waals surface area contributed by atoms with Crippen molar-refractivity contribution in [1.82, 2.24) is 5.32 Å². The van der Waals surface area contributed by atoms with Crippen molar-refractivity contribution in [3.05, 3.63) is 34.9 Å². The molecule has 1 atom stereocenters. The summed E-state index contributed by atoms with van der Waals surface area (Å²) in [5.41, 5.74) is 0.000915. The number of carboxylic acids is 1. The van der Waals surface area contributed by atoms with E-state index in [4.69, 9.17) is 21.4 Å². The van der Waals surface area contributed by atoms with Gasteiger partial charge in [-0.15, -0.1) is 0 Å². The zero-order valence-electron chi connectivity index (χ0n) is 10.9. The van der Waals surface area contributed by atoms with Crippen LogP contribution in [0.2, 0.25) is 5.02 Å². The lowest BCUT2D eigenvalue weighted by atomic mass is 9.94. The summed E-state index contributed by atoms with van der Waals surface area (Å²) in [5.74, 6) is -1.17. The fraction of sp³-hybridized carbons (Fsp3) is 0.429. The summed E-state index contributed by atoms with van der Waals surface area (Å²) in [6, 6.07) is 7.03. The van der Waals surface area contributed by atoms with Crippen molar-refractivity contribution in [3.8, 4) is 0 Å². The zero-order chi connectivity index (χ0) is 14.6. The van der Waals surface area contributed by atoms with E-state index >= 15 is 0 Å². The van der Waals surface area contributed by atoms with Crippen molar-refractivity contribution in [2.45, 2.75) is 24.8 Å². The van der Waals surface area contributed by atoms with Crippen molar-refractivity contribution in [1.29, 1.82) is 0 Å². The van der Waals surface area contributed by atoms with Crippen molar-refractivity contribution in [2.75, 3.05) is 13.2 Å². The first kappa shape index (κ1) is 14.8. The summed E-state index contributed by atoms with van der Waals surface area (Å²) in [6.45, 7) is 0.700. The lowest BCUT2D eigenvalue weighted by Gasteiger charge is -2.27. The van der Waals surface area contributed by atoms with Crippen molar-refractivity contribution in [2.24, 2.45) is 0 Å². The number of ether oxygens (including phenoxy) is 1. The average Bonchev–Trinajstić information content (AvgIpc) is 2.75. The van der Waals surface area contributed by atoms with E-state index in [-0.39, 0.29) is 25.4 Å². The predicted molar refractivity (Wildman–Crippen MR) is 73.7 cm³/mol. The van der Waals surface area contributed by atoms with Crippen LogP contribution in [0.15, 0.2) is 24.3 Å². The molecule has 1 aliphatic rings. The van der Waals surface area contributed by atoms with Gasteiger partial charge in [-0.05, 0) is 24.1 Å². The minimum atomic E-state index is -0.946. The maximum Gasteiger partial charge on any atom is 0.305 e. The van der Waals surface area contributed by atoms with Crippen LogP contribution in [0.25, 0.3) is 0 Å². The SMILES string of the molecule is O=C(O)CC1(NC(=O)Cc2cccc(Cl)c2)CCOC1. The second kappa shape index (κ2) is 6.24. The van der Waals surface area contributed by atoms with Gasteiger partial charge in [-0.25, -0.2) is 0 Å². The molecule has 0 spiro atoms. The topological polar surface area (TPSA) is 75.6 Å². The Kier molecular flexibility index (Phi) is 4.62. The average molecular weight is 298 g/mol. The van der Waals surface area contributed by atoms with Crippen molar-refractivity contribution in [3.63, 3.8) is 0 Å². The van der Waals surface area contributed by atoms with Crippen LogP contribution in [0.4, 0.5) is 0 Å². The van der Waals surface area contributed by atoms with Gasteiger partial charge in [-0.2, -0.15) is 0 Å². The van der Waals surface area contributed by atoms with Crippen LogP contribution in [0.3, 0.4) is 0 Å². The molecule has 1 heterocycles. The molecule has 1 fully saturated rings. The summed E-state index contributed by atoms with van der Waals surface area (Å²) >= 11 is 5.87. The minimum absolute atomic E-state index is 0.131. The van der Waals surface area contributed by atoms with E-state index < -0.39 is 11.5 Å². The predicted octanol–water partition coefficient (Wildman–Crippen LogP) is 1.63. The van der Waals surface area contributed by atoms with Gasteiger partial charge in [0.05, 0.1) is 25.0 Å². The molecule has 1 amide bonds. The third-order valence-electron chi connectivity index (χ3n) is 3.25. The number of carboxylic acid groups (broad SMARTS) is 1. The van der Waals surface area contributed by atoms with Gasteiger partial charge in [0.1, 0.15) is 0 Å². The van der Waals surface area contributed by atoms with E-state index in [1.54, 1.807) is 24.3 Å². The first-order valence-corrected chi connectivity index (χ1v) is 6.72. The highest BCUT2D eigenvalue weighted by molar-refractivity contribution is 6.30. The molecule has 2 N–H and O–H groups in total. The Balaban J connectivity index is 2.00. The molecule has 2 rings (SSSR count). The number of nitrogens with one attached hydrogen (secondary N) is 1. The second-order valence-corrected chi connectivity index (χ2v) is 5.44. The molecule has 1 aliphatic heterocycles. The standard InChI is InChI=1S/C14H16ClNO4/c15-11-3-1-2-10(6-11)7-12(17)16-14(8-13(18)19)4-5-20-9-14/h1-3,6H,4-5,7-9H2,(H,16,17)(H,18,19). The lowest BCUT2D eigenvalue weighted by Crippen LogP contribution is -2.51. The van der Waals surface area contributed by atoms with E-state index in [1.807, 2.05) is 0 Å². The van der Waals surface area contributed by atoms with Gasteiger partial charge in [-0.3, -0.25) is 9.59 Å². The minimum Gasteiger partial charge on any atom is -0.481 e. The van der Waals surface area contributed by atoms with Crippen LogP contribution >= 0.6 is 11.6 Å². The maximum atomic E-state index is 12.1. The van der Waals surface area contributed by atoms with Crippen molar-refractivity contribution >= 4 is 23.5 Å². The Morgan fingerprint density at radius 3 is 2.85 bits per heavy atom. The number of halogens is 1. The number of benzene rings is 1. The van der Waals surface area contributed by atoms with Crippen LogP contribution in [0.1, 0.15) is 18.4 Å². The fourth-order valence-corrected chi connectivity index (χ4v) is 2.56. The molecule has 0 radical (unpaired) electrons. The Bertz CT molecular complexity index is 512. The highest BCUT2D eigenvalue weighted by Gasteiger charge is 2.38. The molecule has 1 aromatic rings. The van der Waals surface area contributed by atoms with Crippen LogP contribution in [0.5, 0.6) is 0 Å². The van der Waals surface area contributed by atoms with Crippen LogP contribution in [0, 0.1) is 0 Å². The number of carbonyl (C=O) groups is 2. The summed E-state index contributed by atoms with van der Waals surface area (Å²) in [4.78, 5) is 23.0. The number of aliphatic carboxylic acids is 1. The van der Waals surface area contributed by atoms with Crippen LogP contribution in [-0.2, 0) is 20.7 Å². The zero-order valence-corrected chi connectivity index (χ0v) is 11.7. The first-order valence-electron chi connectivity index (χ1n) is 6.34. The molecule has 0 aromatic heterocycles. The van der Waals surface area contributed by atoms with Gasteiger partial charge in [-0.1, -0.05) is 23.7 Å². The van der Waals surface area contributed by atoms with Gasteiger partial charge >= 0.3 is 5.97 Å². The summed E-state index contributed by atoms with van der Waals surface area (Å²) in [5, 5.41) is 12.3. The highest BCUT2D eigenvalue weighted by Crippen LogP contribution is 2.23. The Morgan fingerprint density at radius 2 is 2.25 bits per heavy atom. The van der Waals surface area contributed by atoms with E-state index in [1.165, 1.54) is 0 Å². The third kappa shape index (κ3) is 3.95. The highest BCUT2D eigenvalue weighted by atomic mass is 35.5. The van der Waals surface area contributed by atoms with E-state index in [0.29, 0.717) is 18.1 Å². The summed E-state index contributed by atoms with van der Waals surface area (Å²) in [6.07, 6.45) is 0.552. The number of hydrogen-bond donors (Lipinski definition) is 2. The molecule has 1 aromatic carbocycles. The van der Waals surface area contributed by atoms with Gasteiger partial charge in [0.2, 0.25) is 5.91 Å². The summed E-state index contributed by atoms with van der Waals surface area (Å²) in [7, 11) is 0. The van der Waals surface area contributed by atoms with E-state index in [9.17, 15) is 9.59 Å². The molecule has 5 nitrogen and oxygen atoms in total. The van der Waals surface area contributed by atoms with Crippen LogP contribution < -0.4 is 5.32 Å². The molecule has 6 heteroatoms. The number of rotatable bonds is 5. The van der Waals surface area contributed by atoms with Gasteiger partial charge in [0.15, 0.2) is 0 Å².